The number of hydrogen-bond donors (Lipinski definition) is 2. The van der Waals surface area contributed by atoms with Crippen LogP contribution in [0, 0.1) is 5.92 Å². The van der Waals surface area contributed by atoms with Gasteiger partial charge in [0.25, 0.3) is 0 Å². The van der Waals surface area contributed by atoms with Gasteiger partial charge in [0.05, 0.1) is 25.4 Å². The number of amides is 1. The van der Waals surface area contributed by atoms with E-state index in [1.54, 1.807) is 0 Å². The highest BCUT2D eigenvalue weighted by atomic mass is 16.5. The molecule has 0 heterocycles. The Balaban J connectivity index is 1.84. The number of rotatable bonds is 12. The number of nitrogens with one attached hydrogen (secondary N) is 2. The molecule has 2 rings (SSSR count). The van der Waals surface area contributed by atoms with E-state index in [0.29, 0.717) is 19.1 Å². The minimum atomic E-state index is -0.123. The summed E-state index contributed by atoms with van der Waals surface area (Å²) in [6.45, 7) is 7.96. The van der Waals surface area contributed by atoms with Crippen LogP contribution in [-0.4, -0.2) is 25.7 Å². The van der Waals surface area contributed by atoms with Gasteiger partial charge < -0.3 is 20.1 Å². The largest absolute Gasteiger partial charge is 0.494 e. The zero-order valence-corrected chi connectivity index (χ0v) is 17.2. The van der Waals surface area contributed by atoms with Gasteiger partial charge in [-0.1, -0.05) is 45.4 Å². The lowest BCUT2D eigenvalue weighted by atomic mass is 10.1. The Morgan fingerprint density at radius 2 is 1.86 bits per heavy atom. The van der Waals surface area contributed by atoms with Crippen LogP contribution in [0.1, 0.15) is 40.0 Å². The van der Waals surface area contributed by atoms with Crippen LogP contribution in [0.3, 0.4) is 0 Å². The summed E-state index contributed by atoms with van der Waals surface area (Å²) in [6.07, 6.45) is 3.09. The highest BCUT2D eigenvalue weighted by Gasteiger charge is 2.07. The quantitative estimate of drug-likeness (QED) is 0.485. The first kappa shape index (κ1) is 21.6. The van der Waals surface area contributed by atoms with Crippen molar-refractivity contribution < 1.29 is 14.3 Å². The summed E-state index contributed by atoms with van der Waals surface area (Å²) in [6, 6.07) is 15.2. The first-order chi connectivity index (χ1) is 13.6. The number of unbranched alkanes of at least 4 members (excludes halogenated alkanes) is 1. The summed E-state index contributed by atoms with van der Waals surface area (Å²) < 4.78 is 11.5. The van der Waals surface area contributed by atoms with Crippen molar-refractivity contribution in [3.05, 3.63) is 48.5 Å². The highest BCUT2D eigenvalue weighted by Crippen LogP contribution is 2.24. The van der Waals surface area contributed by atoms with Gasteiger partial charge in [0, 0.05) is 11.8 Å². The molecule has 0 spiro atoms. The number of benzene rings is 2. The predicted molar refractivity (Wildman–Crippen MR) is 115 cm³/mol. The molecule has 0 saturated carbocycles. The molecule has 0 unspecified atom stereocenters. The maximum absolute atomic E-state index is 12.3. The molecule has 0 aliphatic rings. The first-order valence-electron chi connectivity index (χ1n) is 10.1. The third kappa shape index (κ3) is 7.91. The Bertz CT molecular complexity index is 731. The lowest BCUT2D eigenvalue weighted by Crippen LogP contribution is -2.22. The van der Waals surface area contributed by atoms with E-state index < -0.39 is 0 Å². The van der Waals surface area contributed by atoms with E-state index in [9.17, 15) is 4.79 Å². The summed E-state index contributed by atoms with van der Waals surface area (Å²) in [7, 11) is 0. The van der Waals surface area contributed by atoms with Crippen molar-refractivity contribution in [1.29, 1.82) is 0 Å². The Labute approximate surface area is 168 Å². The number of carbonyl (C=O) groups excluding carboxylic acids is 1. The number of para-hydroxylation sites is 2. The fourth-order valence-electron chi connectivity index (χ4n) is 2.52. The molecule has 0 atom stereocenters. The van der Waals surface area contributed by atoms with Gasteiger partial charge in [0.2, 0.25) is 5.91 Å². The van der Waals surface area contributed by atoms with E-state index >= 15 is 0 Å². The van der Waals surface area contributed by atoms with Crippen LogP contribution in [0.5, 0.6) is 11.5 Å². The molecule has 2 aromatic rings. The van der Waals surface area contributed by atoms with Crippen LogP contribution in [0.2, 0.25) is 0 Å². The molecule has 1 amide bonds. The average Bonchev–Trinajstić information content (AvgIpc) is 2.67. The van der Waals surface area contributed by atoms with Gasteiger partial charge in [-0.15, -0.1) is 0 Å². The monoisotopic (exact) mass is 384 g/mol. The van der Waals surface area contributed by atoms with Crippen LogP contribution in [-0.2, 0) is 4.79 Å². The summed E-state index contributed by atoms with van der Waals surface area (Å²) in [5, 5.41) is 6.05. The predicted octanol–water partition coefficient (Wildman–Crippen LogP) is 5.34. The molecular weight excluding hydrogens is 352 g/mol. The molecule has 0 aromatic heterocycles. The molecule has 0 radical (unpaired) electrons. The second-order valence-electron chi connectivity index (χ2n) is 7.16. The maximum atomic E-state index is 12.3. The third-order valence-electron chi connectivity index (χ3n) is 4.16. The molecule has 2 N–H and O–H groups in total. The minimum Gasteiger partial charge on any atom is -0.494 e. The topological polar surface area (TPSA) is 59.6 Å². The van der Waals surface area contributed by atoms with Gasteiger partial charge in [-0.3, -0.25) is 4.79 Å². The molecule has 0 fully saturated rings. The molecule has 2 aromatic carbocycles. The number of ether oxygens (including phenoxy) is 2. The lowest BCUT2D eigenvalue weighted by Gasteiger charge is -2.13. The van der Waals surface area contributed by atoms with Crippen LogP contribution in [0.15, 0.2) is 48.5 Å². The van der Waals surface area contributed by atoms with Crippen molar-refractivity contribution in [3.8, 4) is 11.5 Å². The molecule has 28 heavy (non-hydrogen) atoms. The fourth-order valence-corrected chi connectivity index (χ4v) is 2.52. The minimum absolute atomic E-state index is 0.123. The van der Waals surface area contributed by atoms with Gasteiger partial charge >= 0.3 is 0 Å². The fraction of sp³-hybridized carbons (Fsp3) is 0.435. The van der Waals surface area contributed by atoms with E-state index in [4.69, 9.17) is 9.47 Å². The van der Waals surface area contributed by atoms with Crippen molar-refractivity contribution in [3.63, 3.8) is 0 Å². The summed E-state index contributed by atoms with van der Waals surface area (Å²) in [4.78, 5) is 12.3. The molecule has 152 valence electrons. The van der Waals surface area contributed by atoms with Gasteiger partial charge in [-0.05, 0) is 43.0 Å². The third-order valence-corrected chi connectivity index (χ3v) is 4.16. The molecule has 0 bridgehead atoms. The lowest BCUT2D eigenvalue weighted by molar-refractivity contribution is -0.114. The van der Waals surface area contributed by atoms with E-state index in [2.05, 4.69) is 31.4 Å². The van der Waals surface area contributed by atoms with Gasteiger partial charge in [-0.2, -0.15) is 0 Å². The summed E-state index contributed by atoms with van der Waals surface area (Å²) in [5.74, 6) is 2.01. The summed E-state index contributed by atoms with van der Waals surface area (Å²) >= 11 is 0. The van der Waals surface area contributed by atoms with Crippen LogP contribution in [0.25, 0.3) is 0 Å². The Hall–Kier alpha value is -2.69. The van der Waals surface area contributed by atoms with Crippen LogP contribution >= 0.6 is 0 Å². The second kappa shape index (κ2) is 11.9. The standard InChI is InChI=1S/C23H32N2O3/c1-4-5-14-28-22-12-7-6-11-21(22)24-17-23(26)25-19-9-8-10-20(16-19)27-15-13-18(2)3/h6-12,16,18,24H,4-5,13-15,17H2,1-3H3,(H,25,26). The zero-order chi connectivity index (χ0) is 20.2. The molecule has 5 nitrogen and oxygen atoms in total. The maximum Gasteiger partial charge on any atom is 0.243 e. The second-order valence-corrected chi connectivity index (χ2v) is 7.16. The Morgan fingerprint density at radius 3 is 2.64 bits per heavy atom. The van der Waals surface area contributed by atoms with Crippen molar-refractivity contribution in [2.24, 2.45) is 5.92 Å². The zero-order valence-electron chi connectivity index (χ0n) is 17.2. The van der Waals surface area contributed by atoms with Crippen molar-refractivity contribution >= 4 is 17.3 Å². The molecule has 5 heteroatoms. The van der Waals surface area contributed by atoms with E-state index in [1.165, 1.54) is 0 Å². The molecule has 0 aliphatic carbocycles. The number of anilines is 2. The molecular formula is C23H32N2O3. The number of hydrogen-bond acceptors (Lipinski definition) is 4. The van der Waals surface area contributed by atoms with Crippen LogP contribution in [0.4, 0.5) is 11.4 Å². The van der Waals surface area contributed by atoms with Gasteiger partial charge in [0.15, 0.2) is 0 Å². The summed E-state index contributed by atoms with van der Waals surface area (Å²) in [5.41, 5.74) is 1.54. The van der Waals surface area contributed by atoms with E-state index in [1.807, 2.05) is 48.5 Å². The first-order valence-corrected chi connectivity index (χ1v) is 10.1. The van der Waals surface area contributed by atoms with Gasteiger partial charge in [0.1, 0.15) is 11.5 Å². The van der Waals surface area contributed by atoms with E-state index in [-0.39, 0.29) is 12.5 Å². The van der Waals surface area contributed by atoms with Crippen molar-refractivity contribution in [2.75, 3.05) is 30.4 Å². The van der Waals surface area contributed by atoms with Crippen molar-refractivity contribution in [1.82, 2.24) is 0 Å². The van der Waals surface area contributed by atoms with Crippen LogP contribution < -0.4 is 20.1 Å². The molecule has 0 aliphatic heterocycles. The SMILES string of the molecule is CCCCOc1ccccc1NCC(=O)Nc1cccc(OCCC(C)C)c1. The van der Waals surface area contributed by atoms with E-state index in [0.717, 1.165) is 42.1 Å². The smallest absolute Gasteiger partial charge is 0.243 e. The normalized spacial score (nSPS) is 10.6. The Kier molecular flexibility index (Phi) is 9.19. The molecule has 0 saturated heterocycles. The average molecular weight is 385 g/mol. The highest BCUT2D eigenvalue weighted by molar-refractivity contribution is 5.94. The van der Waals surface area contributed by atoms with Gasteiger partial charge in [-0.25, -0.2) is 0 Å². The Morgan fingerprint density at radius 1 is 1.04 bits per heavy atom. The van der Waals surface area contributed by atoms with Crippen molar-refractivity contribution in [2.45, 2.75) is 40.0 Å². The number of carbonyl (C=O) groups is 1.